The molecule has 0 radical (unpaired) electrons. The maximum absolute atomic E-state index is 12.2. The monoisotopic (exact) mass is 378 g/mol. The van der Waals surface area contributed by atoms with E-state index in [1.165, 1.54) is 18.9 Å². The van der Waals surface area contributed by atoms with Gasteiger partial charge in [0.05, 0.1) is 18.1 Å². The summed E-state index contributed by atoms with van der Waals surface area (Å²) in [5.41, 5.74) is 0.913. The molecule has 0 bridgehead atoms. The number of ether oxygens (including phenoxy) is 1. The molecule has 0 saturated carbocycles. The van der Waals surface area contributed by atoms with Gasteiger partial charge in [0.1, 0.15) is 6.04 Å². The molecule has 1 aromatic rings. The van der Waals surface area contributed by atoms with E-state index < -0.39 is 18.1 Å². The third-order valence-corrected chi connectivity index (χ3v) is 5.79. The molecule has 0 aromatic heterocycles. The first kappa shape index (κ1) is 18.0. The molecular weight excluding hydrogens is 360 g/mol. The number of rotatable bonds is 3. The van der Waals surface area contributed by atoms with E-state index in [-0.39, 0.29) is 18.9 Å². The summed E-state index contributed by atoms with van der Waals surface area (Å²) in [7, 11) is 1.31. The number of benzene rings is 1. The standard InChI is InChI=1S/C17H18N2O4S2/c1-23-16(22)13-8-11(20)9-19(13)17-18-15(21)14(25-17)7-10-3-5-12(24-2)6-4-10/h3-7,11,13,20H,8-9H2,1-2H3/t11-,13+/m0/s1. The van der Waals surface area contributed by atoms with Crippen LogP contribution in [0.1, 0.15) is 12.0 Å². The second kappa shape index (κ2) is 7.63. The Morgan fingerprint density at radius 2 is 2.16 bits per heavy atom. The molecule has 1 aromatic carbocycles. The van der Waals surface area contributed by atoms with E-state index in [4.69, 9.17) is 4.74 Å². The molecule has 2 aliphatic rings. The number of nitrogens with zero attached hydrogens (tertiary/aromatic N) is 2. The van der Waals surface area contributed by atoms with Crippen LogP contribution in [0.15, 0.2) is 39.1 Å². The summed E-state index contributed by atoms with van der Waals surface area (Å²) in [6, 6.07) is 7.27. The van der Waals surface area contributed by atoms with E-state index >= 15 is 0 Å². The fraction of sp³-hybridized carbons (Fsp3) is 0.353. The molecular formula is C17H18N2O4S2. The van der Waals surface area contributed by atoms with Crippen LogP contribution >= 0.6 is 23.5 Å². The molecule has 25 heavy (non-hydrogen) atoms. The molecule has 1 fully saturated rings. The second-order valence-electron chi connectivity index (χ2n) is 5.66. The van der Waals surface area contributed by atoms with Crippen molar-refractivity contribution in [2.45, 2.75) is 23.5 Å². The number of hydrogen-bond donors (Lipinski definition) is 1. The lowest BCUT2D eigenvalue weighted by atomic mass is 10.2. The molecule has 0 aliphatic carbocycles. The predicted octanol–water partition coefficient (Wildman–Crippen LogP) is 1.99. The Morgan fingerprint density at radius 1 is 1.44 bits per heavy atom. The van der Waals surface area contributed by atoms with E-state index in [1.54, 1.807) is 22.7 Å². The van der Waals surface area contributed by atoms with Crippen molar-refractivity contribution < 1.29 is 19.4 Å². The Balaban J connectivity index is 1.77. The first-order valence-corrected chi connectivity index (χ1v) is 9.75. The van der Waals surface area contributed by atoms with Gasteiger partial charge in [-0.1, -0.05) is 12.1 Å². The van der Waals surface area contributed by atoms with Gasteiger partial charge in [-0.25, -0.2) is 4.79 Å². The van der Waals surface area contributed by atoms with Crippen molar-refractivity contribution in [3.8, 4) is 0 Å². The van der Waals surface area contributed by atoms with Crippen molar-refractivity contribution in [1.82, 2.24) is 4.90 Å². The summed E-state index contributed by atoms with van der Waals surface area (Å²) in [6.45, 7) is 0.259. The highest BCUT2D eigenvalue weighted by atomic mass is 32.2. The molecule has 8 heteroatoms. The second-order valence-corrected chi connectivity index (χ2v) is 7.55. The Labute approximate surface area is 154 Å². The van der Waals surface area contributed by atoms with Gasteiger partial charge in [0.25, 0.3) is 5.91 Å². The minimum Gasteiger partial charge on any atom is -0.467 e. The Hall–Kier alpha value is -1.77. The van der Waals surface area contributed by atoms with Crippen LogP contribution in [0.3, 0.4) is 0 Å². The lowest BCUT2D eigenvalue weighted by Crippen LogP contribution is -2.39. The minimum absolute atomic E-state index is 0.259. The summed E-state index contributed by atoms with van der Waals surface area (Å²) in [5, 5.41) is 10.3. The molecule has 3 rings (SSSR count). The summed E-state index contributed by atoms with van der Waals surface area (Å²) < 4.78 is 4.79. The van der Waals surface area contributed by atoms with E-state index in [1.807, 2.05) is 30.5 Å². The highest BCUT2D eigenvalue weighted by Gasteiger charge is 2.41. The number of amidine groups is 1. The van der Waals surface area contributed by atoms with Crippen LogP contribution in [0, 0.1) is 0 Å². The molecule has 2 aliphatic heterocycles. The molecule has 132 valence electrons. The number of aliphatic imine (C=N–C) groups is 1. The Morgan fingerprint density at radius 3 is 2.80 bits per heavy atom. The summed E-state index contributed by atoms with van der Waals surface area (Å²) in [6.07, 6.45) is 3.42. The highest BCUT2D eigenvalue weighted by molar-refractivity contribution is 8.18. The van der Waals surface area contributed by atoms with Crippen molar-refractivity contribution in [3.05, 3.63) is 34.7 Å². The smallest absolute Gasteiger partial charge is 0.328 e. The largest absolute Gasteiger partial charge is 0.467 e. The van der Waals surface area contributed by atoms with Crippen LogP contribution in [0.2, 0.25) is 0 Å². The quantitative estimate of drug-likeness (QED) is 0.489. The van der Waals surface area contributed by atoms with Crippen molar-refractivity contribution in [2.24, 2.45) is 4.99 Å². The van der Waals surface area contributed by atoms with Crippen LogP contribution in [0.4, 0.5) is 0 Å². The Bertz CT molecular complexity index is 746. The topological polar surface area (TPSA) is 79.2 Å². The average Bonchev–Trinajstić information content (AvgIpc) is 3.18. The van der Waals surface area contributed by atoms with Gasteiger partial charge in [0.15, 0.2) is 5.17 Å². The van der Waals surface area contributed by atoms with Gasteiger partial charge < -0.3 is 14.7 Å². The van der Waals surface area contributed by atoms with Crippen LogP contribution in [0.25, 0.3) is 6.08 Å². The van der Waals surface area contributed by atoms with Gasteiger partial charge >= 0.3 is 5.97 Å². The number of esters is 1. The number of β-amino-alcohol motifs (C(OH)–C–C–N with tert-alkyl or cyclic N) is 1. The number of carbonyl (C=O) groups is 2. The number of aliphatic hydroxyl groups excluding tert-OH is 1. The first-order valence-electron chi connectivity index (χ1n) is 7.71. The number of hydrogen-bond acceptors (Lipinski definition) is 7. The van der Waals surface area contributed by atoms with Crippen LogP contribution in [-0.2, 0) is 14.3 Å². The van der Waals surface area contributed by atoms with Gasteiger partial charge in [0.2, 0.25) is 0 Å². The van der Waals surface area contributed by atoms with Crippen LogP contribution < -0.4 is 0 Å². The summed E-state index contributed by atoms with van der Waals surface area (Å²) in [4.78, 5) is 31.5. The van der Waals surface area contributed by atoms with Crippen molar-refractivity contribution in [1.29, 1.82) is 0 Å². The molecule has 2 atom stereocenters. The van der Waals surface area contributed by atoms with Gasteiger partial charge in [-0.05, 0) is 41.8 Å². The van der Waals surface area contributed by atoms with Gasteiger partial charge in [-0.3, -0.25) is 4.79 Å². The van der Waals surface area contributed by atoms with Crippen molar-refractivity contribution in [2.75, 3.05) is 19.9 Å². The van der Waals surface area contributed by atoms with E-state index in [2.05, 4.69) is 4.99 Å². The van der Waals surface area contributed by atoms with Crippen LogP contribution in [0.5, 0.6) is 0 Å². The highest BCUT2D eigenvalue weighted by Crippen LogP contribution is 2.34. The molecule has 2 heterocycles. The fourth-order valence-corrected chi connectivity index (χ4v) is 4.14. The fourth-order valence-electron chi connectivity index (χ4n) is 2.76. The zero-order valence-corrected chi connectivity index (χ0v) is 15.5. The van der Waals surface area contributed by atoms with Crippen molar-refractivity contribution >= 4 is 46.6 Å². The molecule has 6 nitrogen and oxygen atoms in total. The maximum atomic E-state index is 12.2. The average molecular weight is 378 g/mol. The van der Waals surface area contributed by atoms with E-state index in [0.717, 1.165) is 10.5 Å². The third kappa shape index (κ3) is 3.91. The summed E-state index contributed by atoms with van der Waals surface area (Å²) in [5.74, 6) is -0.767. The van der Waals surface area contributed by atoms with Crippen LogP contribution in [-0.4, -0.2) is 59.1 Å². The minimum atomic E-state index is -0.644. The molecule has 1 saturated heterocycles. The van der Waals surface area contributed by atoms with E-state index in [9.17, 15) is 14.7 Å². The lowest BCUT2D eigenvalue weighted by molar-refractivity contribution is -0.144. The molecule has 0 spiro atoms. The van der Waals surface area contributed by atoms with Gasteiger partial charge in [-0.15, -0.1) is 11.8 Å². The number of carbonyl (C=O) groups excluding carboxylic acids is 2. The number of thioether (sulfide) groups is 2. The summed E-state index contributed by atoms with van der Waals surface area (Å²) >= 11 is 2.87. The predicted molar refractivity (Wildman–Crippen MR) is 99.4 cm³/mol. The van der Waals surface area contributed by atoms with Gasteiger partial charge in [0, 0.05) is 17.9 Å². The third-order valence-electron chi connectivity index (χ3n) is 4.02. The molecule has 0 unspecified atom stereocenters. The lowest BCUT2D eigenvalue weighted by Gasteiger charge is -2.22. The number of amides is 1. The number of likely N-dealkylation sites (tertiary alicyclic amines) is 1. The molecule has 1 N–H and O–H groups in total. The molecule has 1 amide bonds. The first-order chi connectivity index (χ1) is 12.0. The maximum Gasteiger partial charge on any atom is 0.328 e. The SMILES string of the molecule is COC(=O)[C@H]1C[C@H](O)CN1C1=NC(=O)C(=Cc2ccc(SC)cc2)S1. The zero-order valence-electron chi connectivity index (χ0n) is 13.8. The number of methoxy groups -OCH3 is 1. The van der Waals surface area contributed by atoms with E-state index in [0.29, 0.717) is 10.1 Å². The van der Waals surface area contributed by atoms with Crippen molar-refractivity contribution in [3.63, 3.8) is 0 Å². The normalized spacial score (nSPS) is 24.8. The Kier molecular flexibility index (Phi) is 5.51. The zero-order chi connectivity index (χ0) is 18.0. The number of aliphatic hydroxyl groups is 1. The van der Waals surface area contributed by atoms with Gasteiger partial charge in [-0.2, -0.15) is 4.99 Å².